The number of para-hydroxylation sites is 1. The third-order valence-electron chi connectivity index (χ3n) is 5.43. The summed E-state index contributed by atoms with van der Waals surface area (Å²) in [6.45, 7) is 6.02. The van der Waals surface area contributed by atoms with E-state index >= 15 is 0 Å². The summed E-state index contributed by atoms with van der Waals surface area (Å²) < 4.78 is 0. The molecule has 0 aromatic heterocycles. The number of hydrogen-bond donors (Lipinski definition) is 1. The largest absolute Gasteiger partial charge is 0.370 e. The van der Waals surface area contributed by atoms with Gasteiger partial charge in [0.25, 0.3) is 0 Å². The van der Waals surface area contributed by atoms with E-state index in [-0.39, 0.29) is 0 Å². The highest BCUT2D eigenvalue weighted by molar-refractivity contribution is 5.56. The fourth-order valence-corrected chi connectivity index (χ4v) is 4.53. The van der Waals surface area contributed by atoms with Crippen molar-refractivity contribution in [2.45, 2.75) is 45.4 Å². The first-order valence-corrected chi connectivity index (χ1v) is 8.70. The van der Waals surface area contributed by atoms with Crippen LogP contribution in [-0.4, -0.2) is 26.7 Å². The van der Waals surface area contributed by atoms with Crippen LogP contribution in [0.1, 0.15) is 44.6 Å². The van der Waals surface area contributed by atoms with Crippen molar-refractivity contribution in [3.63, 3.8) is 0 Å². The van der Waals surface area contributed by atoms with Gasteiger partial charge in [-0.25, -0.2) is 0 Å². The molecule has 2 nitrogen and oxygen atoms in total. The van der Waals surface area contributed by atoms with E-state index in [4.69, 9.17) is 0 Å². The lowest BCUT2D eigenvalue weighted by atomic mass is 9.73. The summed E-state index contributed by atoms with van der Waals surface area (Å²) in [5.41, 5.74) is 3.53. The molecule has 0 radical (unpaired) electrons. The zero-order valence-corrected chi connectivity index (χ0v) is 13.7. The molecule has 1 aromatic rings. The van der Waals surface area contributed by atoms with Gasteiger partial charge in [0.05, 0.1) is 0 Å². The van der Waals surface area contributed by atoms with Gasteiger partial charge in [0, 0.05) is 30.7 Å². The van der Waals surface area contributed by atoms with Gasteiger partial charge in [-0.1, -0.05) is 44.4 Å². The maximum atomic E-state index is 3.48. The van der Waals surface area contributed by atoms with Gasteiger partial charge >= 0.3 is 0 Å². The molecule has 0 amide bonds. The summed E-state index contributed by atoms with van der Waals surface area (Å²) in [6, 6.07) is 9.05. The molecule has 1 unspecified atom stereocenters. The lowest BCUT2D eigenvalue weighted by Crippen LogP contribution is -2.47. The van der Waals surface area contributed by atoms with Gasteiger partial charge in [-0.15, -0.1) is 0 Å². The molecule has 1 aliphatic heterocycles. The van der Waals surface area contributed by atoms with Crippen LogP contribution in [0.15, 0.2) is 24.3 Å². The minimum absolute atomic E-state index is 0.483. The number of nitrogens with one attached hydrogen (secondary N) is 1. The average molecular weight is 286 g/mol. The Kier molecular flexibility index (Phi) is 4.54. The SMILES string of the molecule is CNCC1(CN2CC(C)Cc3ccccc32)CCCCC1. The summed E-state index contributed by atoms with van der Waals surface area (Å²) >= 11 is 0. The highest BCUT2D eigenvalue weighted by Crippen LogP contribution is 2.39. The minimum atomic E-state index is 0.483. The number of benzene rings is 1. The molecule has 116 valence electrons. The van der Waals surface area contributed by atoms with Crippen molar-refractivity contribution >= 4 is 5.69 Å². The molecule has 21 heavy (non-hydrogen) atoms. The molecule has 1 heterocycles. The van der Waals surface area contributed by atoms with E-state index in [1.807, 2.05) is 0 Å². The predicted octanol–water partition coefficient (Wildman–Crippen LogP) is 3.86. The minimum Gasteiger partial charge on any atom is -0.370 e. The van der Waals surface area contributed by atoms with E-state index in [1.54, 1.807) is 5.56 Å². The van der Waals surface area contributed by atoms with Crippen LogP contribution < -0.4 is 10.2 Å². The number of fused-ring (bicyclic) bond motifs is 1. The second-order valence-electron chi connectivity index (χ2n) is 7.41. The highest BCUT2D eigenvalue weighted by atomic mass is 15.2. The first-order chi connectivity index (χ1) is 10.2. The van der Waals surface area contributed by atoms with Gasteiger partial charge < -0.3 is 10.2 Å². The van der Waals surface area contributed by atoms with Crippen molar-refractivity contribution in [2.24, 2.45) is 11.3 Å². The Hall–Kier alpha value is -1.02. The third kappa shape index (κ3) is 3.26. The molecule has 0 saturated heterocycles. The maximum Gasteiger partial charge on any atom is 0.0399 e. The Bertz CT molecular complexity index is 457. The first-order valence-electron chi connectivity index (χ1n) is 8.70. The van der Waals surface area contributed by atoms with Gasteiger partial charge in [0.2, 0.25) is 0 Å². The molecule has 1 atom stereocenters. The van der Waals surface area contributed by atoms with E-state index in [0.29, 0.717) is 5.41 Å². The number of rotatable bonds is 4. The Morgan fingerprint density at radius 2 is 1.95 bits per heavy atom. The number of nitrogens with zero attached hydrogens (tertiary/aromatic N) is 1. The zero-order valence-electron chi connectivity index (χ0n) is 13.7. The predicted molar refractivity (Wildman–Crippen MR) is 91.0 cm³/mol. The Morgan fingerprint density at radius 3 is 2.71 bits per heavy atom. The number of anilines is 1. The van der Waals surface area contributed by atoms with Gasteiger partial charge in [-0.3, -0.25) is 0 Å². The average Bonchev–Trinajstić information content (AvgIpc) is 2.48. The summed E-state index contributed by atoms with van der Waals surface area (Å²) in [6.07, 6.45) is 8.27. The van der Waals surface area contributed by atoms with Crippen LogP contribution in [0.4, 0.5) is 5.69 Å². The van der Waals surface area contributed by atoms with Crippen LogP contribution in [0.2, 0.25) is 0 Å². The molecule has 1 N–H and O–H groups in total. The lowest BCUT2D eigenvalue weighted by molar-refractivity contribution is 0.188. The fraction of sp³-hybridized carbons (Fsp3) is 0.684. The molecule has 1 aromatic carbocycles. The van der Waals surface area contributed by atoms with E-state index in [0.717, 1.165) is 5.92 Å². The van der Waals surface area contributed by atoms with Gasteiger partial charge in [-0.05, 0) is 43.9 Å². The van der Waals surface area contributed by atoms with E-state index in [2.05, 4.69) is 48.5 Å². The monoisotopic (exact) mass is 286 g/mol. The Labute approximate surface area is 129 Å². The van der Waals surface area contributed by atoms with Crippen LogP contribution in [0.25, 0.3) is 0 Å². The number of hydrogen-bond acceptors (Lipinski definition) is 2. The quantitative estimate of drug-likeness (QED) is 0.904. The molecule has 2 heteroatoms. The Balaban J connectivity index is 1.82. The molecule has 1 fully saturated rings. The van der Waals surface area contributed by atoms with Gasteiger partial charge in [0.1, 0.15) is 0 Å². The van der Waals surface area contributed by atoms with Crippen molar-refractivity contribution in [3.05, 3.63) is 29.8 Å². The molecule has 1 saturated carbocycles. The lowest BCUT2D eigenvalue weighted by Gasteiger charge is -2.45. The third-order valence-corrected chi connectivity index (χ3v) is 5.43. The highest BCUT2D eigenvalue weighted by Gasteiger charge is 2.35. The van der Waals surface area contributed by atoms with E-state index < -0.39 is 0 Å². The smallest absolute Gasteiger partial charge is 0.0399 e. The van der Waals surface area contributed by atoms with Crippen LogP contribution >= 0.6 is 0 Å². The van der Waals surface area contributed by atoms with Gasteiger partial charge in [0.15, 0.2) is 0 Å². The summed E-state index contributed by atoms with van der Waals surface area (Å²) in [7, 11) is 2.11. The zero-order chi connectivity index (χ0) is 14.7. The summed E-state index contributed by atoms with van der Waals surface area (Å²) in [4.78, 5) is 2.69. The molecule has 3 rings (SSSR count). The first kappa shape index (κ1) is 14.9. The van der Waals surface area contributed by atoms with Crippen molar-refractivity contribution in [3.8, 4) is 0 Å². The molecular weight excluding hydrogens is 256 g/mol. The van der Waals surface area contributed by atoms with Crippen LogP contribution in [-0.2, 0) is 6.42 Å². The molecular formula is C19H30N2. The normalized spacial score (nSPS) is 24.7. The van der Waals surface area contributed by atoms with E-state index in [1.165, 1.54) is 63.8 Å². The van der Waals surface area contributed by atoms with Crippen LogP contribution in [0.5, 0.6) is 0 Å². The summed E-state index contributed by atoms with van der Waals surface area (Å²) in [5.74, 6) is 0.773. The van der Waals surface area contributed by atoms with Crippen LogP contribution in [0.3, 0.4) is 0 Å². The van der Waals surface area contributed by atoms with Crippen molar-refractivity contribution in [2.75, 3.05) is 31.6 Å². The van der Waals surface area contributed by atoms with Crippen molar-refractivity contribution < 1.29 is 0 Å². The topological polar surface area (TPSA) is 15.3 Å². The van der Waals surface area contributed by atoms with Crippen LogP contribution in [0, 0.1) is 11.3 Å². The summed E-state index contributed by atoms with van der Waals surface area (Å²) in [5, 5.41) is 3.48. The second kappa shape index (κ2) is 6.39. The standard InChI is InChI=1S/C19H30N2/c1-16-12-17-8-4-5-9-18(17)21(13-16)15-19(14-20-2)10-6-3-7-11-19/h4-5,8-9,16,20H,3,6-7,10-15H2,1-2H3. The maximum absolute atomic E-state index is 3.48. The van der Waals surface area contributed by atoms with E-state index in [9.17, 15) is 0 Å². The molecule has 0 bridgehead atoms. The van der Waals surface area contributed by atoms with Crippen molar-refractivity contribution in [1.82, 2.24) is 5.32 Å². The van der Waals surface area contributed by atoms with Crippen molar-refractivity contribution in [1.29, 1.82) is 0 Å². The van der Waals surface area contributed by atoms with Gasteiger partial charge in [-0.2, -0.15) is 0 Å². The molecule has 0 spiro atoms. The molecule has 1 aliphatic carbocycles. The second-order valence-corrected chi connectivity index (χ2v) is 7.41. The fourth-order valence-electron chi connectivity index (χ4n) is 4.53. The Morgan fingerprint density at radius 1 is 1.19 bits per heavy atom. The molecule has 2 aliphatic rings.